The number of nitrogens with two attached hydrogens (primary N) is 1. The van der Waals surface area contributed by atoms with Gasteiger partial charge in [0.05, 0.1) is 56.1 Å². The molecule has 0 aromatic heterocycles. The van der Waals surface area contributed by atoms with Crippen LogP contribution in [0, 0.1) is 0 Å². The highest BCUT2D eigenvalue weighted by molar-refractivity contribution is 7.89. The highest BCUT2D eigenvalue weighted by Crippen LogP contribution is 2.46. The maximum atomic E-state index is 12.7. The molecule has 55 heavy (non-hydrogen) atoms. The monoisotopic (exact) mass is 826 g/mol. The molecule has 0 amide bonds. The maximum Gasteiger partial charge on any atom is 0.296 e. The summed E-state index contributed by atoms with van der Waals surface area (Å²) in [5.41, 5.74) is 5.16. The van der Waals surface area contributed by atoms with E-state index < -0.39 is 51.5 Å². The number of hydrogen-bond donors (Lipinski definition) is 5. The molecule has 298 valence electrons. The Balaban J connectivity index is 1.52. The minimum atomic E-state index is -5.10. The van der Waals surface area contributed by atoms with Crippen LogP contribution in [0.4, 0.5) is 28.4 Å². The lowest BCUT2D eigenvalue weighted by molar-refractivity contribution is 0.0245. The Morgan fingerprint density at radius 2 is 1.27 bits per heavy atom. The number of fused-ring (bicyclic) bond motifs is 1. The van der Waals surface area contributed by atoms with Crippen LogP contribution in [0.2, 0.25) is 0 Å². The van der Waals surface area contributed by atoms with Crippen LogP contribution in [-0.4, -0.2) is 100 Å². The molecule has 0 radical (unpaired) electrons. The second-order valence-corrected chi connectivity index (χ2v) is 15.8. The normalized spacial score (nSPS) is 12.6. The lowest BCUT2D eigenvalue weighted by Gasteiger charge is -2.12. The molecule has 0 aliphatic rings. The SMILES string of the molecule is COCCOCCOCCCNS(=O)(=O)c1ccc(/N=N/c2cc(OC)c(/N=N/c3c(S(=O)(=O)O)cc4cc(S(=O)(=O)O)cc(N)c4c3O)cc2OC)cc1. The fraction of sp³-hybridized carbons (Fsp3) is 0.312. The summed E-state index contributed by atoms with van der Waals surface area (Å²) in [6, 6.07) is 10.7. The van der Waals surface area contributed by atoms with Crippen LogP contribution in [-0.2, 0) is 44.5 Å². The van der Waals surface area contributed by atoms with Gasteiger partial charge in [0.15, 0.2) is 5.75 Å². The van der Waals surface area contributed by atoms with Crippen molar-refractivity contribution in [3.8, 4) is 17.2 Å². The molecule has 0 aliphatic heterocycles. The van der Waals surface area contributed by atoms with Gasteiger partial charge in [-0.3, -0.25) is 9.11 Å². The minimum Gasteiger partial charge on any atom is -0.505 e. The first-order valence-electron chi connectivity index (χ1n) is 15.9. The summed E-state index contributed by atoms with van der Waals surface area (Å²) < 4.78 is 122. The van der Waals surface area contributed by atoms with E-state index in [2.05, 4.69) is 25.2 Å². The summed E-state index contributed by atoms with van der Waals surface area (Å²) in [7, 11) is -9.51. The van der Waals surface area contributed by atoms with Crippen LogP contribution in [0.15, 0.2) is 89.7 Å². The summed E-state index contributed by atoms with van der Waals surface area (Å²) in [4.78, 5) is -1.64. The second-order valence-electron chi connectivity index (χ2n) is 11.2. The zero-order valence-corrected chi connectivity index (χ0v) is 32.0. The number of phenols is 1. The molecule has 0 unspecified atom stereocenters. The highest BCUT2D eigenvalue weighted by atomic mass is 32.2. The number of aromatic hydroxyl groups is 1. The van der Waals surface area contributed by atoms with Gasteiger partial charge < -0.3 is 34.5 Å². The van der Waals surface area contributed by atoms with Crippen molar-refractivity contribution in [2.45, 2.75) is 21.1 Å². The van der Waals surface area contributed by atoms with Crippen LogP contribution in [0.3, 0.4) is 0 Å². The smallest absolute Gasteiger partial charge is 0.296 e. The van der Waals surface area contributed by atoms with Gasteiger partial charge in [0.25, 0.3) is 20.2 Å². The predicted molar refractivity (Wildman–Crippen MR) is 197 cm³/mol. The standard InChI is InChI=1S/C32H38N6O14S3/c1-48-11-12-52-14-13-51-10-4-9-34-53(40,41)22-7-5-21(6-8-22)35-36-25-18-28(50-3)26(19-27(25)49-2)37-38-31-29(55(45,46)47)16-20-15-23(54(42,43)44)17-24(33)30(20)32(31)39/h5-8,15-19,34,39H,4,9-14,33H2,1-3H3,(H,42,43,44)(H,45,46,47)/b36-35+,38-37+. The van der Waals surface area contributed by atoms with Gasteiger partial charge in [-0.15, -0.1) is 15.3 Å². The van der Waals surface area contributed by atoms with Crippen LogP contribution < -0.4 is 19.9 Å². The van der Waals surface area contributed by atoms with Crippen molar-refractivity contribution in [3.05, 3.63) is 54.6 Å². The molecule has 0 heterocycles. The molecule has 6 N–H and O–H groups in total. The van der Waals surface area contributed by atoms with Gasteiger partial charge in [-0.1, -0.05) is 0 Å². The van der Waals surface area contributed by atoms with Crippen LogP contribution in [0.5, 0.6) is 17.2 Å². The number of rotatable bonds is 20. The Bertz CT molecular complexity index is 2390. The molecular formula is C32H38N6O14S3. The van der Waals surface area contributed by atoms with E-state index in [1.807, 2.05) is 0 Å². The Kier molecular flexibility index (Phi) is 14.5. The molecule has 0 aliphatic carbocycles. The van der Waals surface area contributed by atoms with Gasteiger partial charge in [0.2, 0.25) is 10.0 Å². The van der Waals surface area contributed by atoms with E-state index in [0.29, 0.717) is 39.5 Å². The van der Waals surface area contributed by atoms with Crippen molar-refractivity contribution < 1.29 is 63.1 Å². The van der Waals surface area contributed by atoms with E-state index in [1.165, 1.54) is 50.6 Å². The van der Waals surface area contributed by atoms with Gasteiger partial charge in [-0.2, -0.15) is 21.9 Å². The summed E-state index contributed by atoms with van der Waals surface area (Å²) in [6.07, 6.45) is 0.449. The number of nitrogen functional groups attached to an aromatic ring is 1. The van der Waals surface area contributed by atoms with Crippen LogP contribution in [0.25, 0.3) is 10.8 Å². The van der Waals surface area contributed by atoms with Crippen molar-refractivity contribution in [3.63, 3.8) is 0 Å². The molecule has 0 bridgehead atoms. The third-order valence-electron chi connectivity index (χ3n) is 7.45. The second kappa shape index (κ2) is 18.7. The first kappa shape index (κ1) is 42.9. The molecule has 23 heteroatoms. The molecular weight excluding hydrogens is 789 g/mol. The summed E-state index contributed by atoms with van der Waals surface area (Å²) in [5, 5.41) is 26.6. The van der Waals surface area contributed by atoms with E-state index in [0.717, 1.165) is 18.2 Å². The van der Waals surface area contributed by atoms with Crippen LogP contribution in [0.1, 0.15) is 6.42 Å². The molecule has 0 fully saturated rings. The average Bonchev–Trinajstić information content (AvgIpc) is 3.13. The fourth-order valence-corrected chi connectivity index (χ4v) is 7.07. The molecule has 4 aromatic rings. The molecule has 4 aromatic carbocycles. The number of benzene rings is 4. The number of methoxy groups -OCH3 is 3. The highest BCUT2D eigenvalue weighted by Gasteiger charge is 2.25. The number of nitrogens with one attached hydrogen (secondary N) is 1. The van der Waals surface area contributed by atoms with Crippen molar-refractivity contribution in [2.24, 2.45) is 20.5 Å². The van der Waals surface area contributed by atoms with Gasteiger partial charge in [0.1, 0.15) is 33.5 Å². The third-order valence-corrected chi connectivity index (χ3v) is 10.6. The number of nitrogens with zero attached hydrogens (tertiary/aromatic N) is 4. The summed E-state index contributed by atoms with van der Waals surface area (Å²) in [6.45, 7) is 2.24. The van der Waals surface area contributed by atoms with E-state index in [1.54, 1.807) is 7.11 Å². The lowest BCUT2D eigenvalue weighted by Crippen LogP contribution is -2.25. The topological polar surface area (TPSA) is 297 Å². The minimum absolute atomic E-state index is 0.00743. The number of azo groups is 2. The molecule has 0 spiro atoms. The Hall–Kier alpha value is -4.85. The average molecular weight is 827 g/mol. The number of hydrogen-bond acceptors (Lipinski definition) is 17. The number of phenolic OH excluding ortho intramolecular Hbond substituents is 1. The van der Waals surface area contributed by atoms with Crippen molar-refractivity contribution in [1.82, 2.24) is 4.72 Å². The molecule has 20 nitrogen and oxygen atoms in total. The zero-order chi connectivity index (χ0) is 40.4. The van der Waals surface area contributed by atoms with Gasteiger partial charge in [-0.25, -0.2) is 13.1 Å². The summed E-state index contributed by atoms with van der Waals surface area (Å²) >= 11 is 0. The van der Waals surface area contributed by atoms with Gasteiger partial charge in [-0.05, 0) is 54.3 Å². The number of sulfonamides is 1. The molecule has 4 rings (SSSR count). The van der Waals surface area contributed by atoms with Gasteiger partial charge >= 0.3 is 0 Å². The van der Waals surface area contributed by atoms with E-state index >= 15 is 0 Å². The third kappa shape index (κ3) is 11.3. The maximum absolute atomic E-state index is 12.7. The quantitative estimate of drug-likeness (QED) is 0.0345. The molecule has 0 saturated heterocycles. The fourth-order valence-electron chi connectivity index (χ4n) is 4.79. The first-order chi connectivity index (χ1) is 26.0. The largest absolute Gasteiger partial charge is 0.505 e. The Morgan fingerprint density at radius 3 is 1.84 bits per heavy atom. The molecule has 0 saturated carbocycles. The number of anilines is 1. The lowest BCUT2D eigenvalue weighted by atomic mass is 10.1. The number of ether oxygens (including phenoxy) is 5. The molecule has 0 atom stereocenters. The Labute approximate surface area is 316 Å². The van der Waals surface area contributed by atoms with E-state index in [-0.39, 0.29) is 56.5 Å². The van der Waals surface area contributed by atoms with Crippen molar-refractivity contribution in [2.75, 3.05) is 66.6 Å². The van der Waals surface area contributed by atoms with E-state index in [9.17, 15) is 39.5 Å². The van der Waals surface area contributed by atoms with Crippen molar-refractivity contribution >= 4 is 69.5 Å². The van der Waals surface area contributed by atoms with Gasteiger partial charge in [0, 0.05) is 43.5 Å². The zero-order valence-electron chi connectivity index (χ0n) is 29.6. The first-order valence-corrected chi connectivity index (χ1v) is 20.2. The predicted octanol–water partition coefficient (Wildman–Crippen LogP) is 4.82. The van der Waals surface area contributed by atoms with Crippen LogP contribution >= 0.6 is 0 Å². The Morgan fingerprint density at radius 1 is 0.691 bits per heavy atom. The van der Waals surface area contributed by atoms with E-state index in [4.69, 9.17) is 29.4 Å². The summed E-state index contributed by atoms with van der Waals surface area (Å²) in [5.74, 6) is -0.762. The van der Waals surface area contributed by atoms with Crippen molar-refractivity contribution in [1.29, 1.82) is 0 Å².